The van der Waals surface area contributed by atoms with Gasteiger partial charge in [-0.2, -0.15) is 18.3 Å². The van der Waals surface area contributed by atoms with E-state index >= 15 is 0 Å². The Balaban J connectivity index is 1.61. The summed E-state index contributed by atoms with van der Waals surface area (Å²) < 4.78 is 50.4. The number of ketones is 1. The van der Waals surface area contributed by atoms with Crippen LogP contribution in [0.4, 0.5) is 13.2 Å². The van der Waals surface area contributed by atoms with Crippen LogP contribution in [0.2, 0.25) is 0 Å². The highest BCUT2D eigenvalue weighted by Crippen LogP contribution is 2.31. The molecule has 0 amide bonds. The summed E-state index contributed by atoms with van der Waals surface area (Å²) in [4.78, 5) is 12.0. The molecule has 0 aliphatic rings. The number of hydrogen-bond acceptors (Lipinski definition) is 4. The van der Waals surface area contributed by atoms with Crippen molar-refractivity contribution in [3.63, 3.8) is 0 Å². The molecule has 0 N–H and O–H groups in total. The minimum Gasteiger partial charge on any atom is -0.486 e. The van der Waals surface area contributed by atoms with E-state index < -0.39 is 11.7 Å². The molecule has 5 nitrogen and oxygen atoms in total. The van der Waals surface area contributed by atoms with Gasteiger partial charge < -0.3 is 9.15 Å². The van der Waals surface area contributed by atoms with Gasteiger partial charge in [0.15, 0.2) is 0 Å². The van der Waals surface area contributed by atoms with Crippen molar-refractivity contribution in [2.75, 3.05) is 0 Å². The smallest absolute Gasteiger partial charge is 0.416 e. The number of carbonyl (C=O) groups is 1. The molecular weight excluding hydrogens is 361 g/mol. The zero-order valence-corrected chi connectivity index (χ0v) is 14.2. The Morgan fingerprint density at radius 3 is 2.78 bits per heavy atom. The molecule has 3 rings (SSSR count). The van der Waals surface area contributed by atoms with Crippen molar-refractivity contribution in [3.05, 3.63) is 77.5 Å². The SMILES string of the molecule is Cn1nccc1C(=O)/C=C/c1ccc(COc2cccc(C(F)(F)F)c2)o1. The van der Waals surface area contributed by atoms with Crippen molar-refractivity contribution in [1.29, 1.82) is 0 Å². The van der Waals surface area contributed by atoms with E-state index in [-0.39, 0.29) is 18.1 Å². The standard InChI is InChI=1S/C19H15F3N2O3/c1-24-17(9-10-23-24)18(25)8-7-14-5-6-16(27-14)12-26-15-4-2-3-13(11-15)19(20,21)22/h2-11H,12H2,1H3/b8-7+. The van der Waals surface area contributed by atoms with Crippen molar-refractivity contribution in [3.8, 4) is 5.75 Å². The van der Waals surface area contributed by atoms with Crippen LogP contribution in [-0.4, -0.2) is 15.6 Å². The van der Waals surface area contributed by atoms with Gasteiger partial charge in [0.05, 0.1) is 5.56 Å². The number of allylic oxidation sites excluding steroid dienone is 1. The first-order valence-corrected chi connectivity index (χ1v) is 7.92. The maximum Gasteiger partial charge on any atom is 0.416 e. The van der Waals surface area contributed by atoms with E-state index in [1.54, 1.807) is 25.2 Å². The quantitative estimate of drug-likeness (QED) is 0.469. The molecule has 8 heteroatoms. The van der Waals surface area contributed by atoms with Gasteiger partial charge in [-0.1, -0.05) is 6.07 Å². The number of aromatic nitrogens is 2. The Morgan fingerprint density at radius 2 is 2.07 bits per heavy atom. The zero-order valence-electron chi connectivity index (χ0n) is 14.2. The van der Waals surface area contributed by atoms with Gasteiger partial charge in [0.25, 0.3) is 0 Å². The fraction of sp³-hybridized carbons (Fsp3) is 0.158. The Morgan fingerprint density at radius 1 is 1.26 bits per heavy atom. The molecule has 0 aliphatic carbocycles. The summed E-state index contributed by atoms with van der Waals surface area (Å²) in [5.41, 5.74) is -0.345. The number of nitrogens with zero attached hydrogens (tertiary/aromatic N) is 2. The molecule has 0 aliphatic heterocycles. The van der Waals surface area contributed by atoms with Crippen molar-refractivity contribution in [2.45, 2.75) is 12.8 Å². The molecule has 0 bridgehead atoms. The molecule has 1 aromatic carbocycles. The van der Waals surface area contributed by atoms with E-state index in [1.165, 1.54) is 35.2 Å². The van der Waals surface area contributed by atoms with E-state index in [4.69, 9.17) is 9.15 Å². The third kappa shape index (κ3) is 4.66. The van der Waals surface area contributed by atoms with Crippen molar-refractivity contribution in [2.24, 2.45) is 7.05 Å². The van der Waals surface area contributed by atoms with Gasteiger partial charge >= 0.3 is 6.18 Å². The number of benzene rings is 1. The van der Waals surface area contributed by atoms with E-state index in [9.17, 15) is 18.0 Å². The summed E-state index contributed by atoms with van der Waals surface area (Å²) in [6.07, 6.45) is -0.0456. The number of aryl methyl sites for hydroxylation is 1. The summed E-state index contributed by atoms with van der Waals surface area (Å²) in [7, 11) is 1.66. The fourth-order valence-electron chi connectivity index (χ4n) is 2.34. The first kappa shape index (κ1) is 18.5. The van der Waals surface area contributed by atoms with Gasteiger partial charge in [0, 0.05) is 13.2 Å². The molecule has 27 heavy (non-hydrogen) atoms. The van der Waals surface area contributed by atoms with Crippen molar-refractivity contribution >= 4 is 11.9 Å². The fourth-order valence-corrected chi connectivity index (χ4v) is 2.34. The Labute approximate surface area is 152 Å². The molecule has 0 radical (unpaired) electrons. The number of alkyl halides is 3. The third-order valence-corrected chi connectivity index (χ3v) is 3.70. The number of ether oxygens (including phenoxy) is 1. The first-order chi connectivity index (χ1) is 12.8. The molecule has 0 saturated heterocycles. The van der Waals surface area contributed by atoms with Crippen LogP contribution >= 0.6 is 0 Å². The van der Waals surface area contributed by atoms with Gasteiger partial charge in [-0.3, -0.25) is 9.48 Å². The molecule has 0 spiro atoms. The van der Waals surface area contributed by atoms with Crippen molar-refractivity contribution in [1.82, 2.24) is 9.78 Å². The van der Waals surface area contributed by atoms with Crippen LogP contribution in [0.3, 0.4) is 0 Å². The summed E-state index contributed by atoms with van der Waals surface area (Å²) in [6, 6.07) is 9.48. The van der Waals surface area contributed by atoms with Gasteiger partial charge in [0.1, 0.15) is 29.6 Å². The minimum atomic E-state index is -4.43. The van der Waals surface area contributed by atoms with E-state index in [2.05, 4.69) is 5.10 Å². The second-order valence-corrected chi connectivity index (χ2v) is 5.66. The highest BCUT2D eigenvalue weighted by molar-refractivity contribution is 6.05. The number of hydrogen-bond donors (Lipinski definition) is 0. The van der Waals surface area contributed by atoms with E-state index in [0.29, 0.717) is 17.2 Å². The largest absolute Gasteiger partial charge is 0.486 e. The maximum atomic E-state index is 12.7. The average molecular weight is 376 g/mol. The van der Waals surface area contributed by atoms with Crippen LogP contribution in [0, 0.1) is 0 Å². The van der Waals surface area contributed by atoms with Gasteiger partial charge in [0.2, 0.25) is 5.78 Å². The van der Waals surface area contributed by atoms with Crippen LogP contribution in [0.15, 0.2) is 59.2 Å². The van der Waals surface area contributed by atoms with Crippen molar-refractivity contribution < 1.29 is 27.1 Å². The lowest BCUT2D eigenvalue weighted by Crippen LogP contribution is -2.05. The summed E-state index contributed by atoms with van der Waals surface area (Å²) >= 11 is 0. The van der Waals surface area contributed by atoms with Gasteiger partial charge in [-0.15, -0.1) is 0 Å². The third-order valence-electron chi connectivity index (χ3n) is 3.70. The number of rotatable bonds is 6. The second kappa shape index (κ2) is 7.53. The molecule has 140 valence electrons. The number of carbonyl (C=O) groups excluding carboxylic acids is 1. The highest BCUT2D eigenvalue weighted by Gasteiger charge is 2.30. The zero-order chi connectivity index (χ0) is 19.4. The van der Waals surface area contributed by atoms with E-state index in [1.807, 2.05) is 0 Å². The second-order valence-electron chi connectivity index (χ2n) is 5.66. The molecule has 0 saturated carbocycles. The molecule has 0 fully saturated rings. The van der Waals surface area contributed by atoms with Gasteiger partial charge in [-0.25, -0.2) is 0 Å². The van der Waals surface area contributed by atoms with Crippen LogP contribution in [0.25, 0.3) is 6.08 Å². The minimum absolute atomic E-state index is 0.0369. The Hall–Kier alpha value is -3.29. The van der Waals surface area contributed by atoms with Crippen LogP contribution in [-0.2, 0) is 19.8 Å². The predicted molar refractivity (Wildman–Crippen MR) is 91.1 cm³/mol. The van der Waals surface area contributed by atoms with Crippen LogP contribution in [0.5, 0.6) is 5.75 Å². The molecule has 3 aromatic rings. The molecule has 2 aromatic heterocycles. The summed E-state index contributed by atoms with van der Waals surface area (Å²) in [5.74, 6) is 0.700. The molecule has 0 atom stereocenters. The summed E-state index contributed by atoms with van der Waals surface area (Å²) in [6.45, 7) is -0.0369. The van der Waals surface area contributed by atoms with Crippen LogP contribution in [0.1, 0.15) is 27.6 Å². The normalized spacial score (nSPS) is 11.9. The number of furan rings is 1. The highest BCUT2D eigenvalue weighted by atomic mass is 19.4. The van der Waals surface area contributed by atoms with E-state index in [0.717, 1.165) is 12.1 Å². The Bertz CT molecular complexity index is 970. The topological polar surface area (TPSA) is 57.3 Å². The Kier molecular flexibility index (Phi) is 5.16. The van der Waals surface area contributed by atoms with Crippen LogP contribution < -0.4 is 4.74 Å². The molecule has 2 heterocycles. The maximum absolute atomic E-state index is 12.7. The number of halogens is 3. The lowest BCUT2D eigenvalue weighted by Gasteiger charge is -2.09. The monoisotopic (exact) mass is 376 g/mol. The van der Waals surface area contributed by atoms with Gasteiger partial charge in [-0.05, 0) is 48.6 Å². The molecular formula is C19H15F3N2O3. The lowest BCUT2D eigenvalue weighted by atomic mass is 10.2. The summed E-state index contributed by atoms with van der Waals surface area (Å²) in [5, 5.41) is 3.92. The average Bonchev–Trinajstić information content (AvgIpc) is 3.26. The predicted octanol–water partition coefficient (Wildman–Crippen LogP) is 4.51. The first-order valence-electron chi connectivity index (χ1n) is 7.92. The molecule has 0 unspecified atom stereocenters. The lowest BCUT2D eigenvalue weighted by molar-refractivity contribution is -0.137.